The number of hydrogen-bond donors (Lipinski definition) is 1. The van der Waals surface area contributed by atoms with E-state index >= 15 is 0 Å². The maximum atomic E-state index is 5.72. The molecule has 0 atom stereocenters. The lowest BCUT2D eigenvalue weighted by Gasteiger charge is -2.05. The molecule has 0 spiro atoms. The van der Waals surface area contributed by atoms with Crippen LogP contribution in [-0.2, 0) is 13.6 Å². The Labute approximate surface area is 96.7 Å². The van der Waals surface area contributed by atoms with Gasteiger partial charge in [-0.1, -0.05) is 29.8 Å². The topological polar surface area (TPSA) is 30.9 Å². The second-order valence-electron chi connectivity index (χ2n) is 4.27. The highest BCUT2D eigenvalue weighted by Crippen LogP contribution is 2.24. The van der Waals surface area contributed by atoms with Crippen LogP contribution in [-0.4, -0.2) is 4.57 Å². The molecule has 2 heteroatoms. The highest BCUT2D eigenvalue weighted by Gasteiger charge is 2.08. The number of benzene rings is 1. The molecule has 2 N–H and O–H groups in total. The number of aromatic nitrogens is 1. The molecule has 2 rings (SSSR count). The van der Waals surface area contributed by atoms with Crippen molar-refractivity contribution in [1.82, 2.24) is 4.57 Å². The number of nitrogens with two attached hydrogens (primary N) is 1. The van der Waals surface area contributed by atoms with E-state index in [1.165, 1.54) is 28.1 Å². The Hall–Kier alpha value is -1.54. The fourth-order valence-electron chi connectivity index (χ4n) is 1.97. The minimum Gasteiger partial charge on any atom is -0.348 e. The van der Waals surface area contributed by atoms with Crippen molar-refractivity contribution in [3.63, 3.8) is 0 Å². The van der Waals surface area contributed by atoms with E-state index in [1.54, 1.807) is 0 Å². The van der Waals surface area contributed by atoms with Gasteiger partial charge < -0.3 is 10.3 Å². The summed E-state index contributed by atoms with van der Waals surface area (Å²) in [5, 5.41) is 0. The third-order valence-electron chi connectivity index (χ3n) is 3.21. The molecule has 0 saturated carbocycles. The standard InChI is InChI=1S/C14H18N2/c1-10-4-6-12(7-5-10)14-8-13(9-15)11(2)16(14)3/h4-8H,9,15H2,1-3H3. The summed E-state index contributed by atoms with van der Waals surface area (Å²) in [6.07, 6.45) is 0. The average molecular weight is 214 g/mol. The first-order valence-electron chi connectivity index (χ1n) is 5.55. The SMILES string of the molecule is Cc1ccc(-c2cc(CN)c(C)n2C)cc1. The van der Waals surface area contributed by atoms with Gasteiger partial charge in [-0.05, 0) is 31.0 Å². The minimum atomic E-state index is 0.603. The van der Waals surface area contributed by atoms with Crippen LogP contribution in [0.1, 0.15) is 16.8 Å². The summed E-state index contributed by atoms with van der Waals surface area (Å²) < 4.78 is 2.20. The van der Waals surface area contributed by atoms with Crippen molar-refractivity contribution in [2.24, 2.45) is 12.8 Å². The zero-order valence-electron chi connectivity index (χ0n) is 10.1. The van der Waals surface area contributed by atoms with Crippen LogP contribution >= 0.6 is 0 Å². The van der Waals surface area contributed by atoms with Crippen molar-refractivity contribution < 1.29 is 0 Å². The summed E-state index contributed by atoms with van der Waals surface area (Å²) >= 11 is 0. The quantitative estimate of drug-likeness (QED) is 0.818. The first kappa shape index (κ1) is 11.0. The van der Waals surface area contributed by atoms with Gasteiger partial charge in [0, 0.05) is 25.0 Å². The fraction of sp³-hybridized carbons (Fsp3) is 0.286. The predicted octanol–water partition coefficient (Wildman–Crippen LogP) is 2.77. The molecule has 0 unspecified atom stereocenters. The second kappa shape index (κ2) is 4.14. The molecule has 0 saturated heterocycles. The van der Waals surface area contributed by atoms with Crippen LogP contribution in [0.2, 0.25) is 0 Å². The largest absolute Gasteiger partial charge is 0.348 e. The van der Waals surface area contributed by atoms with E-state index in [9.17, 15) is 0 Å². The number of aryl methyl sites for hydroxylation is 1. The zero-order valence-corrected chi connectivity index (χ0v) is 10.1. The molecule has 2 nitrogen and oxygen atoms in total. The molecule has 1 heterocycles. The molecule has 1 aromatic heterocycles. The van der Waals surface area contributed by atoms with E-state index in [0.717, 1.165) is 0 Å². The van der Waals surface area contributed by atoms with Crippen molar-refractivity contribution in [2.45, 2.75) is 20.4 Å². The van der Waals surface area contributed by atoms with E-state index in [0.29, 0.717) is 6.54 Å². The first-order chi connectivity index (χ1) is 7.63. The average Bonchev–Trinajstić information content (AvgIpc) is 2.57. The Morgan fingerprint density at radius 1 is 1.12 bits per heavy atom. The van der Waals surface area contributed by atoms with Gasteiger partial charge in [0.1, 0.15) is 0 Å². The molecule has 1 aromatic carbocycles. The van der Waals surface area contributed by atoms with Gasteiger partial charge >= 0.3 is 0 Å². The van der Waals surface area contributed by atoms with E-state index in [-0.39, 0.29) is 0 Å². The lowest BCUT2D eigenvalue weighted by Crippen LogP contribution is -1.99. The Balaban J connectivity index is 2.52. The molecule has 0 radical (unpaired) electrons. The number of nitrogens with zero attached hydrogens (tertiary/aromatic N) is 1. The fourth-order valence-corrected chi connectivity index (χ4v) is 1.97. The highest BCUT2D eigenvalue weighted by molar-refractivity contribution is 5.62. The van der Waals surface area contributed by atoms with Gasteiger partial charge in [-0.15, -0.1) is 0 Å². The Kier molecular flexibility index (Phi) is 2.84. The van der Waals surface area contributed by atoms with Gasteiger partial charge in [0.05, 0.1) is 0 Å². The molecular formula is C14H18N2. The second-order valence-corrected chi connectivity index (χ2v) is 4.27. The van der Waals surface area contributed by atoms with Gasteiger partial charge in [-0.3, -0.25) is 0 Å². The third-order valence-corrected chi connectivity index (χ3v) is 3.21. The van der Waals surface area contributed by atoms with Crippen LogP contribution in [0.3, 0.4) is 0 Å². The molecule has 0 fully saturated rings. The van der Waals surface area contributed by atoms with Gasteiger partial charge in [-0.25, -0.2) is 0 Å². The lowest BCUT2D eigenvalue weighted by molar-refractivity contribution is 0.873. The zero-order chi connectivity index (χ0) is 11.7. The summed E-state index contributed by atoms with van der Waals surface area (Å²) in [6.45, 7) is 4.82. The first-order valence-corrected chi connectivity index (χ1v) is 5.55. The van der Waals surface area contributed by atoms with Crippen LogP contribution in [0.5, 0.6) is 0 Å². The summed E-state index contributed by atoms with van der Waals surface area (Å²) in [7, 11) is 2.09. The predicted molar refractivity (Wildman–Crippen MR) is 68.2 cm³/mol. The van der Waals surface area contributed by atoms with Crippen molar-refractivity contribution in [3.05, 3.63) is 47.2 Å². The molecule has 0 aliphatic rings. The molecule has 0 bridgehead atoms. The van der Waals surface area contributed by atoms with Crippen LogP contribution < -0.4 is 5.73 Å². The summed E-state index contributed by atoms with van der Waals surface area (Å²) in [5.74, 6) is 0. The van der Waals surface area contributed by atoms with E-state index in [1.807, 2.05) is 0 Å². The van der Waals surface area contributed by atoms with Gasteiger partial charge in [0.25, 0.3) is 0 Å². The van der Waals surface area contributed by atoms with E-state index in [4.69, 9.17) is 5.73 Å². The highest BCUT2D eigenvalue weighted by atomic mass is 15.0. The molecule has 16 heavy (non-hydrogen) atoms. The maximum Gasteiger partial charge on any atom is 0.0483 e. The smallest absolute Gasteiger partial charge is 0.0483 e. The minimum absolute atomic E-state index is 0.603. The van der Waals surface area contributed by atoms with Crippen LogP contribution in [0.15, 0.2) is 30.3 Å². The Morgan fingerprint density at radius 3 is 2.25 bits per heavy atom. The van der Waals surface area contributed by atoms with E-state index < -0.39 is 0 Å². The normalized spacial score (nSPS) is 10.8. The number of rotatable bonds is 2. The monoisotopic (exact) mass is 214 g/mol. The molecule has 84 valence electrons. The van der Waals surface area contributed by atoms with Crippen molar-refractivity contribution in [1.29, 1.82) is 0 Å². The summed E-state index contributed by atoms with van der Waals surface area (Å²) in [5.41, 5.74) is 12.0. The third kappa shape index (κ3) is 1.76. The van der Waals surface area contributed by atoms with Crippen molar-refractivity contribution in [2.75, 3.05) is 0 Å². The van der Waals surface area contributed by atoms with Gasteiger partial charge in [0.15, 0.2) is 0 Å². The van der Waals surface area contributed by atoms with Crippen LogP contribution in [0.4, 0.5) is 0 Å². The van der Waals surface area contributed by atoms with Crippen molar-refractivity contribution in [3.8, 4) is 11.3 Å². The lowest BCUT2D eigenvalue weighted by atomic mass is 10.1. The summed E-state index contributed by atoms with van der Waals surface area (Å²) in [6, 6.07) is 10.8. The van der Waals surface area contributed by atoms with Gasteiger partial charge in [0.2, 0.25) is 0 Å². The number of hydrogen-bond acceptors (Lipinski definition) is 1. The van der Waals surface area contributed by atoms with Gasteiger partial charge in [-0.2, -0.15) is 0 Å². The van der Waals surface area contributed by atoms with Crippen molar-refractivity contribution >= 4 is 0 Å². The summed E-state index contributed by atoms with van der Waals surface area (Å²) in [4.78, 5) is 0. The molecular weight excluding hydrogens is 196 g/mol. The van der Waals surface area contributed by atoms with Crippen LogP contribution in [0, 0.1) is 13.8 Å². The maximum absolute atomic E-state index is 5.72. The molecule has 0 aliphatic heterocycles. The molecule has 0 aliphatic carbocycles. The van der Waals surface area contributed by atoms with Crippen LogP contribution in [0.25, 0.3) is 11.3 Å². The Morgan fingerprint density at radius 2 is 1.75 bits per heavy atom. The molecule has 2 aromatic rings. The Bertz CT molecular complexity index is 492. The molecule has 0 amide bonds. The van der Waals surface area contributed by atoms with E-state index in [2.05, 4.69) is 55.8 Å².